The van der Waals surface area contributed by atoms with Crippen molar-refractivity contribution >= 4 is 17.9 Å². The van der Waals surface area contributed by atoms with Crippen LogP contribution in [0.4, 0.5) is 4.79 Å². The number of hydrogen-bond acceptors (Lipinski definition) is 5. The van der Waals surface area contributed by atoms with Gasteiger partial charge in [0.2, 0.25) is 5.91 Å². The standard InChI is InChI=1S/C20H28N2O5/c1-19(2,3)13-9-12(10-14(16(13)24)20(4,5)6)17(25)27-8-7-22-15(23)11-21-18(22)26/h9-10,24H,7-8,11H2,1-6H3,(H,21,26). The van der Waals surface area contributed by atoms with Crippen LogP contribution >= 0.6 is 0 Å². The molecule has 1 saturated heterocycles. The van der Waals surface area contributed by atoms with Gasteiger partial charge in [-0.25, -0.2) is 9.59 Å². The van der Waals surface area contributed by atoms with Gasteiger partial charge in [-0.2, -0.15) is 0 Å². The Morgan fingerprint density at radius 2 is 1.63 bits per heavy atom. The summed E-state index contributed by atoms with van der Waals surface area (Å²) in [5.74, 6) is -0.713. The lowest BCUT2D eigenvalue weighted by Crippen LogP contribution is -2.34. The molecule has 0 spiro atoms. The first-order valence-corrected chi connectivity index (χ1v) is 8.95. The number of imide groups is 1. The Morgan fingerprint density at radius 1 is 1.11 bits per heavy atom. The van der Waals surface area contributed by atoms with Gasteiger partial charge in [-0.1, -0.05) is 41.5 Å². The first kappa shape index (κ1) is 20.7. The Balaban J connectivity index is 2.22. The molecular formula is C20H28N2O5. The van der Waals surface area contributed by atoms with E-state index < -0.39 is 12.0 Å². The highest BCUT2D eigenvalue weighted by Gasteiger charge is 2.30. The van der Waals surface area contributed by atoms with Crippen LogP contribution in [0.15, 0.2) is 12.1 Å². The monoisotopic (exact) mass is 376 g/mol. The lowest BCUT2D eigenvalue weighted by Gasteiger charge is -2.28. The van der Waals surface area contributed by atoms with Crippen molar-refractivity contribution in [1.82, 2.24) is 10.2 Å². The highest BCUT2D eigenvalue weighted by molar-refractivity contribution is 6.02. The van der Waals surface area contributed by atoms with E-state index >= 15 is 0 Å². The molecule has 2 rings (SSSR count). The topological polar surface area (TPSA) is 95.9 Å². The summed E-state index contributed by atoms with van der Waals surface area (Å²) in [5.41, 5.74) is 0.938. The number of phenolic OH excluding ortho intramolecular Hbond substituents is 1. The molecule has 2 N–H and O–H groups in total. The Labute approximate surface area is 159 Å². The number of benzene rings is 1. The second kappa shape index (κ2) is 7.21. The smallest absolute Gasteiger partial charge is 0.338 e. The summed E-state index contributed by atoms with van der Waals surface area (Å²) in [5, 5.41) is 13.1. The van der Waals surface area contributed by atoms with Crippen LogP contribution in [0.2, 0.25) is 0 Å². The maximum absolute atomic E-state index is 12.5. The molecule has 7 nitrogen and oxygen atoms in total. The van der Waals surface area contributed by atoms with Crippen LogP contribution in [0.1, 0.15) is 63.0 Å². The largest absolute Gasteiger partial charge is 0.507 e. The zero-order chi connectivity index (χ0) is 20.6. The van der Waals surface area contributed by atoms with Crippen molar-refractivity contribution in [2.75, 3.05) is 19.7 Å². The van der Waals surface area contributed by atoms with Crippen LogP contribution in [-0.4, -0.2) is 47.6 Å². The minimum absolute atomic E-state index is 0.00669. The van der Waals surface area contributed by atoms with E-state index in [2.05, 4.69) is 5.32 Å². The Hall–Kier alpha value is -2.57. The second-order valence-electron chi connectivity index (χ2n) is 8.76. The van der Waals surface area contributed by atoms with Gasteiger partial charge in [0.15, 0.2) is 0 Å². The molecule has 0 bridgehead atoms. The normalized spacial score (nSPS) is 15.1. The first-order valence-electron chi connectivity index (χ1n) is 8.95. The number of esters is 1. The molecule has 1 aliphatic rings. The summed E-state index contributed by atoms with van der Waals surface area (Å²) < 4.78 is 5.27. The molecule has 0 atom stereocenters. The van der Waals surface area contributed by atoms with Crippen molar-refractivity contribution < 1.29 is 24.2 Å². The number of aromatic hydroxyl groups is 1. The minimum atomic E-state index is -0.557. The first-order chi connectivity index (χ1) is 12.3. The van der Waals surface area contributed by atoms with Gasteiger partial charge in [0.05, 0.1) is 18.7 Å². The van der Waals surface area contributed by atoms with Gasteiger partial charge in [0.25, 0.3) is 0 Å². The number of carbonyl (C=O) groups is 3. The summed E-state index contributed by atoms with van der Waals surface area (Å²) in [6.45, 7) is 11.6. The molecule has 1 aromatic carbocycles. The molecule has 3 amide bonds. The predicted molar refractivity (Wildman–Crippen MR) is 101 cm³/mol. The molecular weight excluding hydrogens is 348 g/mol. The molecule has 1 aromatic rings. The zero-order valence-electron chi connectivity index (χ0n) is 16.8. The predicted octanol–water partition coefficient (Wildman–Crippen LogP) is 2.70. The van der Waals surface area contributed by atoms with E-state index in [1.54, 1.807) is 12.1 Å². The minimum Gasteiger partial charge on any atom is -0.507 e. The fourth-order valence-corrected chi connectivity index (χ4v) is 2.89. The molecule has 0 aliphatic carbocycles. The number of hydrogen-bond donors (Lipinski definition) is 2. The van der Waals surface area contributed by atoms with Gasteiger partial charge in [-0.05, 0) is 23.0 Å². The lowest BCUT2D eigenvalue weighted by molar-refractivity contribution is -0.125. The molecule has 0 aromatic heterocycles. The van der Waals surface area contributed by atoms with Crippen molar-refractivity contribution in [3.8, 4) is 5.75 Å². The van der Waals surface area contributed by atoms with Crippen molar-refractivity contribution in [2.45, 2.75) is 52.4 Å². The van der Waals surface area contributed by atoms with E-state index in [9.17, 15) is 19.5 Å². The van der Waals surface area contributed by atoms with Crippen LogP contribution in [0.25, 0.3) is 0 Å². The second-order valence-corrected chi connectivity index (χ2v) is 8.76. The molecule has 1 heterocycles. The maximum atomic E-state index is 12.5. The Bertz CT molecular complexity index is 721. The third-order valence-corrected chi connectivity index (χ3v) is 4.45. The van der Waals surface area contributed by atoms with E-state index in [0.717, 1.165) is 4.90 Å². The van der Waals surface area contributed by atoms with Crippen LogP contribution in [0.5, 0.6) is 5.75 Å². The fourth-order valence-electron chi connectivity index (χ4n) is 2.89. The number of nitrogens with zero attached hydrogens (tertiary/aromatic N) is 1. The summed E-state index contributed by atoms with van der Waals surface area (Å²) in [6.07, 6.45) is 0. The number of nitrogens with one attached hydrogen (secondary N) is 1. The Morgan fingerprint density at radius 3 is 2.04 bits per heavy atom. The van der Waals surface area contributed by atoms with Crippen LogP contribution in [0.3, 0.4) is 0 Å². The molecule has 0 radical (unpaired) electrons. The molecule has 27 heavy (non-hydrogen) atoms. The van der Waals surface area contributed by atoms with Crippen LogP contribution < -0.4 is 5.32 Å². The van der Waals surface area contributed by atoms with Crippen LogP contribution in [0, 0.1) is 0 Å². The number of rotatable bonds is 4. The molecule has 1 aliphatic heterocycles. The summed E-state index contributed by atoms with van der Waals surface area (Å²) in [4.78, 5) is 36.6. The average molecular weight is 376 g/mol. The van der Waals surface area contributed by atoms with E-state index in [4.69, 9.17) is 4.74 Å². The molecule has 0 unspecified atom stereocenters. The van der Waals surface area contributed by atoms with Gasteiger partial charge in [0, 0.05) is 11.1 Å². The number of urea groups is 1. The lowest BCUT2D eigenvalue weighted by atomic mass is 9.78. The van der Waals surface area contributed by atoms with Gasteiger partial charge in [0.1, 0.15) is 12.4 Å². The van der Waals surface area contributed by atoms with Gasteiger partial charge < -0.3 is 15.2 Å². The average Bonchev–Trinajstić information content (AvgIpc) is 2.84. The van der Waals surface area contributed by atoms with E-state index in [0.29, 0.717) is 16.7 Å². The van der Waals surface area contributed by atoms with Gasteiger partial charge in [-0.3, -0.25) is 9.69 Å². The maximum Gasteiger partial charge on any atom is 0.338 e. The molecule has 7 heteroatoms. The number of amides is 3. The highest BCUT2D eigenvalue weighted by atomic mass is 16.5. The van der Waals surface area contributed by atoms with E-state index in [-0.39, 0.29) is 42.2 Å². The van der Waals surface area contributed by atoms with Crippen molar-refractivity contribution in [3.05, 3.63) is 28.8 Å². The molecule has 0 saturated carbocycles. The summed E-state index contributed by atoms with van der Waals surface area (Å²) in [6, 6.07) is 2.80. The highest BCUT2D eigenvalue weighted by Crippen LogP contribution is 2.39. The van der Waals surface area contributed by atoms with Gasteiger partial charge in [-0.15, -0.1) is 0 Å². The van der Waals surface area contributed by atoms with Gasteiger partial charge >= 0.3 is 12.0 Å². The number of phenols is 1. The zero-order valence-corrected chi connectivity index (χ0v) is 16.8. The SMILES string of the molecule is CC(C)(C)c1cc(C(=O)OCCN2C(=O)CNC2=O)cc(C(C)(C)C)c1O. The molecule has 148 valence electrons. The Kier molecular flexibility index (Phi) is 5.54. The fraction of sp³-hybridized carbons (Fsp3) is 0.550. The third kappa shape index (κ3) is 4.59. The number of carbonyl (C=O) groups excluding carboxylic acids is 3. The van der Waals surface area contributed by atoms with Crippen LogP contribution in [-0.2, 0) is 20.4 Å². The molecule has 1 fully saturated rings. The summed E-state index contributed by atoms with van der Waals surface area (Å²) >= 11 is 0. The third-order valence-electron chi connectivity index (χ3n) is 4.45. The number of ether oxygens (including phenoxy) is 1. The van der Waals surface area contributed by atoms with Crippen molar-refractivity contribution in [1.29, 1.82) is 0 Å². The van der Waals surface area contributed by atoms with E-state index in [1.807, 2.05) is 41.5 Å². The summed E-state index contributed by atoms with van der Waals surface area (Å²) in [7, 11) is 0. The van der Waals surface area contributed by atoms with Crippen molar-refractivity contribution in [2.24, 2.45) is 0 Å². The quantitative estimate of drug-likeness (QED) is 0.622. The van der Waals surface area contributed by atoms with Crippen molar-refractivity contribution in [3.63, 3.8) is 0 Å². The van der Waals surface area contributed by atoms with E-state index in [1.165, 1.54) is 0 Å².